The zero-order valence-corrected chi connectivity index (χ0v) is 17.7. The van der Waals surface area contributed by atoms with Crippen molar-refractivity contribution in [3.05, 3.63) is 70.9 Å². The molecule has 4 nitrogen and oxygen atoms in total. The summed E-state index contributed by atoms with van der Waals surface area (Å²) in [6.45, 7) is 6.68. The second kappa shape index (κ2) is 9.02. The molecule has 0 radical (unpaired) electrons. The molecule has 1 atom stereocenters. The maximum absolute atomic E-state index is 13.1. The lowest BCUT2D eigenvalue weighted by Crippen LogP contribution is -2.42. The Bertz CT molecular complexity index is 933. The first-order chi connectivity index (χ1) is 14.1. The maximum atomic E-state index is 13.1. The fraction of sp³-hybridized carbons (Fsp3) is 0.375. The summed E-state index contributed by atoms with van der Waals surface area (Å²) in [4.78, 5) is 20.9. The van der Waals surface area contributed by atoms with E-state index in [9.17, 15) is 4.79 Å². The molecule has 1 aliphatic rings. The van der Waals surface area contributed by atoms with Crippen molar-refractivity contribution < 1.29 is 4.79 Å². The van der Waals surface area contributed by atoms with Gasteiger partial charge in [-0.1, -0.05) is 41.9 Å². The highest BCUT2D eigenvalue weighted by atomic mass is 35.5. The molecule has 1 unspecified atom stereocenters. The Morgan fingerprint density at radius 3 is 2.76 bits per heavy atom. The summed E-state index contributed by atoms with van der Waals surface area (Å²) in [7, 11) is 0. The summed E-state index contributed by atoms with van der Waals surface area (Å²) in [6.07, 6.45) is 2.35. The number of likely N-dealkylation sites (tertiary alicyclic amines) is 1. The van der Waals surface area contributed by atoms with Gasteiger partial charge in [-0.3, -0.25) is 9.69 Å². The number of aromatic amines is 1. The lowest BCUT2D eigenvalue weighted by Gasteiger charge is -2.35. The normalized spacial score (nSPS) is 17.5. The molecule has 1 aliphatic heterocycles. The topological polar surface area (TPSA) is 39.3 Å². The molecule has 1 fully saturated rings. The Hall–Kier alpha value is -2.30. The number of aromatic nitrogens is 1. The van der Waals surface area contributed by atoms with Gasteiger partial charge in [0.15, 0.2) is 0 Å². The van der Waals surface area contributed by atoms with Crippen molar-refractivity contribution in [2.75, 3.05) is 26.2 Å². The molecule has 1 N–H and O–H groups in total. The molecule has 0 saturated carbocycles. The predicted molar refractivity (Wildman–Crippen MR) is 119 cm³/mol. The van der Waals surface area contributed by atoms with Gasteiger partial charge in [-0.25, -0.2) is 0 Å². The average Bonchev–Trinajstić information content (AvgIpc) is 3.18. The van der Waals surface area contributed by atoms with E-state index in [1.165, 1.54) is 18.4 Å². The van der Waals surface area contributed by atoms with E-state index in [1.54, 1.807) is 0 Å². The lowest BCUT2D eigenvalue weighted by atomic mass is 9.96. The number of carbonyl (C=O) groups excluding carboxylic acids is 1. The van der Waals surface area contributed by atoms with Gasteiger partial charge in [-0.2, -0.15) is 0 Å². The van der Waals surface area contributed by atoms with Crippen molar-refractivity contribution in [2.45, 2.75) is 26.3 Å². The molecule has 5 heteroatoms. The third-order valence-corrected chi connectivity index (χ3v) is 6.08. The van der Waals surface area contributed by atoms with Crippen LogP contribution in [0.15, 0.2) is 54.6 Å². The minimum absolute atomic E-state index is 0.0959. The van der Waals surface area contributed by atoms with Gasteiger partial charge >= 0.3 is 0 Å². The number of nitrogens with one attached hydrogen (secondary N) is 1. The zero-order valence-electron chi connectivity index (χ0n) is 16.9. The van der Waals surface area contributed by atoms with Crippen LogP contribution >= 0.6 is 11.6 Å². The molecule has 152 valence electrons. The highest BCUT2D eigenvalue weighted by Gasteiger charge is 2.25. The Labute approximate surface area is 177 Å². The molecule has 1 aromatic heterocycles. The smallest absolute Gasteiger partial charge is 0.270 e. The monoisotopic (exact) mass is 409 g/mol. The number of para-hydroxylation sites is 1. The molecule has 1 saturated heterocycles. The van der Waals surface area contributed by atoms with Gasteiger partial charge in [0.2, 0.25) is 0 Å². The maximum Gasteiger partial charge on any atom is 0.270 e. The third kappa shape index (κ3) is 4.82. The molecular weight excluding hydrogens is 382 g/mol. The number of amides is 1. The molecule has 3 aromatic rings. The second-order valence-corrected chi connectivity index (χ2v) is 8.42. The standard InChI is InChI=1S/C24H28ClN3O/c1-2-28(24(29)23-14-20-7-3-4-8-22(20)26-23)17-19-6-5-13-27(16-19)15-18-9-11-21(25)12-10-18/h3-4,7-12,14,19,26H,2,5-6,13,15-17H2,1H3. The van der Waals surface area contributed by atoms with Crippen LogP contribution in [0.25, 0.3) is 10.9 Å². The summed E-state index contributed by atoms with van der Waals surface area (Å²) in [5.74, 6) is 0.600. The van der Waals surface area contributed by atoms with Crippen molar-refractivity contribution in [2.24, 2.45) is 5.92 Å². The molecular formula is C24H28ClN3O. The van der Waals surface area contributed by atoms with E-state index in [0.29, 0.717) is 11.6 Å². The van der Waals surface area contributed by atoms with Crippen molar-refractivity contribution in [3.8, 4) is 0 Å². The predicted octanol–water partition coefficient (Wildman–Crippen LogP) is 5.20. The van der Waals surface area contributed by atoms with Crippen LogP contribution in [-0.4, -0.2) is 46.9 Å². The summed E-state index contributed by atoms with van der Waals surface area (Å²) in [5.41, 5.74) is 2.98. The Balaban J connectivity index is 1.39. The van der Waals surface area contributed by atoms with Crippen molar-refractivity contribution in [3.63, 3.8) is 0 Å². The van der Waals surface area contributed by atoms with Gasteiger partial charge in [0, 0.05) is 42.1 Å². The molecule has 4 rings (SSSR count). The molecule has 0 aliphatic carbocycles. The summed E-state index contributed by atoms with van der Waals surface area (Å²) >= 11 is 6.00. The summed E-state index contributed by atoms with van der Waals surface area (Å²) in [6, 6.07) is 18.1. The van der Waals surface area contributed by atoms with Crippen LogP contribution in [0, 0.1) is 5.92 Å². The Kier molecular flexibility index (Phi) is 6.22. The van der Waals surface area contributed by atoms with Gasteiger partial charge in [-0.15, -0.1) is 0 Å². The van der Waals surface area contributed by atoms with Crippen molar-refractivity contribution in [1.82, 2.24) is 14.8 Å². The zero-order chi connectivity index (χ0) is 20.2. The van der Waals surface area contributed by atoms with E-state index in [4.69, 9.17) is 11.6 Å². The van der Waals surface area contributed by atoms with Crippen LogP contribution in [0.1, 0.15) is 35.8 Å². The Morgan fingerprint density at radius 2 is 2.00 bits per heavy atom. The van der Waals surface area contributed by atoms with E-state index in [-0.39, 0.29) is 5.91 Å². The fourth-order valence-electron chi connectivity index (χ4n) is 4.32. The second-order valence-electron chi connectivity index (χ2n) is 7.98. The van der Waals surface area contributed by atoms with E-state index in [1.807, 2.05) is 47.4 Å². The van der Waals surface area contributed by atoms with Gasteiger partial charge in [0.25, 0.3) is 5.91 Å². The first-order valence-electron chi connectivity index (χ1n) is 10.5. The highest BCUT2D eigenvalue weighted by Crippen LogP contribution is 2.22. The van der Waals surface area contributed by atoms with Crippen LogP contribution in [0.5, 0.6) is 0 Å². The molecule has 0 bridgehead atoms. The van der Waals surface area contributed by atoms with E-state index in [2.05, 4.69) is 28.9 Å². The average molecular weight is 410 g/mol. The lowest BCUT2D eigenvalue weighted by molar-refractivity contribution is 0.0680. The number of hydrogen-bond donors (Lipinski definition) is 1. The molecule has 0 spiro atoms. The van der Waals surface area contributed by atoms with Crippen LogP contribution in [0.4, 0.5) is 0 Å². The van der Waals surface area contributed by atoms with Gasteiger partial charge in [0.05, 0.1) is 0 Å². The van der Waals surface area contributed by atoms with Gasteiger partial charge < -0.3 is 9.88 Å². The van der Waals surface area contributed by atoms with E-state index < -0.39 is 0 Å². The Morgan fingerprint density at radius 1 is 1.21 bits per heavy atom. The van der Waals surface area contributed by atoms with Gasteiger partial charge in [-0.05, 0) is 62.1 Å². The largest absolute Gasteiger partial charge is 0.351 e. The van der Waals surface area contributed by atoms with Crippen LogP contribution in [0.3, 0.4) is 0 Å². The van der Waals surface area contributed by atoms with Gasteiger partial charge in [0.1, 0.15) is 5.69 Å². The molecule has 2 aromatic carbocycles. The molecule has 1 amide bonds. The number of piperidine rings is 1. The quantitative estimate of drug-likeness (QED) is 0.608. The minimum Gasteiger partial charge on any atom is -0.351 e. The summed E-state index contributed by atoms with van der Waals surface area (Å²) < 4.78 is 0. The summed E-state index contributed by atoms with van der Waals surface area (Å²) in [5, 5.41) is 1.86. The van der Waals surface area contributed by atoms with Crippen LogP contribution < -0.4 is 0 Å². The number of carbonyl (C=O) groups is 1. The van der Waals surface area contributed by atoms with E-state index >= 15 is 0 Å². The highest BCUT2D eigenvalue weighted by molar-refractivity contribution is 6.30. The first kappa shape index (κ1) is 20.0. The van der Waals surface area contributed by atoms with Crippen molar-refractivity contribution >= 4 is 28.4 Å². The van der Waals surface area contributed by atoms with Crippen LogP contribution in [-0.2, 0) is 6.54 Å². The SMILES string of the molecule is CCN(CC1CCCN(Cc2ccc(Cl)cc2)C1)C(=O)c1cc2ccccc2[nH]1. The number of halogens is 1. The number of nitrogens with zero attached hydrogens (tertiary/aromatic N) is 2. The fourth-order valence-corrected chi connectivity index (χ4v) is 4.44. The first-order valence-corrected chi connectivity index (χ1v) is 10.8. The number of hydrogen-bond acceptors (Lipinski definition) is 2. The number of fused-ring (bicyclic) bond motifs is 1. The number of benzene rings is 2. The van der Waals surface area contributed by atoms with Crippen LogP contribution in [0.2, 0.25) is 5.02 Å². The van der Waals surface area contributed by atoms with Crippen molar-refractivity contribution in [1.29, 1.82) is 0 Å². The number of H-pyrrole nitrogens is 1. The third-order valence-electron chi connectivity index (χ3n) is 5.83. The van der Waals surface area contributed by atoms with E-state index in [0.717, 1.165) is 48.6 Å². The minimum atomic E-state index is 0.0959. The number of rotatable bonds is 6. The molecule has 29 heavy (non-hydrogen) atoms. The molecule has 2 heterocycles.